The van der Waals surface area contributed by atoms with Crippen LogP contribution >= 0.6 is 0 Å². The Bertz CT molecular complexity index is 250. The van der Waals surface area contributed by atoms with Crippen LogP contribution in [0, 0.1) is 0 Å². The van der Waals surface area contributed by atoms with Crippen molar-refractivity contribution in [2.45, 2.75) is 13.0 Å². The maximum absolute atomic E-state index is 12.4. The van der Waals surface area contributed by atoms with E-state index in [-0.39, 0.29) is 11.9 Å². The lowest BCUT2D eigenvalue weighted by Crippen LogP contribution is -2.54. The number of carbonyl (C=O) groups excluding carboxylic acids is 1. The Morgan fingerprint density at radius 1 is 1.21 bits per heavy atom. The Kier molecular flexibility index (Phi) is 7.97. The maximum Gasteiger partial charge on any atom is 0.239 e. The highest BCUT2D eigenvalue weighted by atomic mass is 16.5. The zero-order chi connectivity index (χ0) is 14.1. The summed E-state index contributed by atoms with van der Waals surface area (Å²) < 4.78 is 10.2. The van der Waals surface area contributed by atoms with Gasteiger partial charge < -0.3 is 19.7 Å². The van der Waals surface area contributed by atoms with Crippen LogP contribution in [-0.2, 0) is 14.3 Å². The zero-order valence-electron chi connectivity index (χ0n) is 12.4. The van der Waals surface area contributed by atoms with Gasteiger partial charge in [-0.15, -0.1) is 0 Å². The molecule has 1 N–H and O–H groups in total. The third-order valence-electron chi connectivity index (χ3n) is 3.50. The minimum absolute atomic E-state index is 0.122. The molecule has 1 unspecified atom stereocenters. The first-order valence-electron chi connectivity index (χ1n) is 6.92. The molecule has 6 heteroatoms. The largest absolute Gasteiger partial charge is 0.383 e. The number of methoxy groups -OCH3 is 2. The quantitative estimate of drug-likeness (QED) is 0.640. The van der Waals surface area contributed by atoms with Crippen LogP contribution in [0.4, 0.5) is 0 Å². The summed E-state index contributed by atoms with van der Waals surface area (Å²) in [5.74, 6) is 0.203. The SMILES string of the molecule is COCCN(CCOC)C(C)C(=O)N1CCNCC1. The average Bonchev–Trinajstić information content (AvgIpc) is 2.47. The summed E-state index contributed by atoms with van der Waals surface area (Å²) in [5.41, 5.74) is 0. The van der Waals surface area contributed by atoms with Crippen molar-refractivity contribution >= 4 is 5.91 Å². The number of rotatable bonds is 8. The molecule has 0 saturated carbocycles. The van der Waals surface area contributed by atoms with Gasteiger partial charge in [-0.05, 0) is 6.92 Å². The number of hydrogen-bond acceptors (Lipinski definition) is 5. The van der Waals surface area contributed by atoms with E-state index in [1.54, 1.807) is 14.2 Å². The van der Waals surface area contributed by atoms with Gasteiger partial charge in [0.25, 0.3) is 0 Å². The molecule has 0 aromatic carbocycles. The normalized spacial score (nSPS) is 17.8. The van der Waals surface area contributed by atoms with Crippen molar-refractivity contribution in [3.05, 3.63) is 0 Å². The summed E-state index contributed by atoms with van der Waals surface area (Å²) in [7, 11) is 3.36. The second kappa shape index (κ2) is 9.25. The van der Waals surface area contributed by atoms with Gasteiger partial charge in [-0.1, -0.05) is 0 Å². The summed E-state index contributed by atoms with van der Waals surface area (Å²) in [5, 5.41) is 3.26. The van der Waals surface area contributed by atoms with Crippen LogP contribution in [0.15, 0.2) is 0 Å². The maximum atomic E-state index is 12.4. The summed E-state index contributed by atoms with van der Waals surface area (Å²) in [4.78, 5) is 16.5. The van der Waals surface area contributed by atoms with E-state index >= 15 is 0 Å². The van der Waals surface area contributed by atoms with Crippen LogP contribution in [0.3, 0.4) is 0 Å². The lowest BCUT2D eigenvalue weighted by Gasteiger charge is -2.34. The minimum atomic E-state index is -0.122. The van der Waals surface area contributed by atoms with E-state index < -0.39 is 0 Å². The van der Waals surface area contributed by atoms with Gasteiger partial charge in [-0.3, -0.25) is 9.69 Å². The van der Waals surface area contributed by atoms with Crippen LogP contribution in [-0.4, -0.2) is 88.5 Å². The molecular weight excluding hydrogens is 246 g/mol. The van der Waals surface area contributed by atoms with Gasteiger partial charge in [0, 0.05) is 53.5 Å². The topological polar surface area (TPSA) is 54.0 Å². The van der Waals surface area contributed by atoms with Gasteiger partial charge in [0.1, 0.15) is 0 Å². The lowest BCUT2D eigenvalue weighted by molar-refractivity contribution is -0.137. The molecule has 1 fully saturated rings. The number of nitrogens with one attached hydrogen (secondary N) is 1. The highest BCUT2D eigenvalue weighted by Gasteiger charge is 2.26. The van der Waals surface area contributed by atoms with Crippen LogP contribution in [0.5, 0.6) is 0 Å². The summed E-state index contributed by atoms with van der Waals surface area (Å²) in [6.45, 7) is 8.08. The average molecular weight is 273 g/mol. The fourth-order valence-electron chi connectivity index (χ4n) is 2.22. The molecule has 0 aromatic rings. The molecule has 0 aliphatic carbocycles. The Morgan fingerprint density at radius 3 is 2.21 bits per heavy atom. The third kappa shape index (κ3) is 5.44. The highest BCUT2D eigenvalue weighted by Crippen LogP contribution is 2.05. The summed E-state index contributed by atoms with van der Waals surface area (Å²) >= 11 is 0. The van der Waals surface area contributed by atoms with Gasteiger partial charge in [0.15, 0.2) is 0 Å². The second-order valence-electron chi connectivity index (χ2n) is 4.77. The van der Waals surface area contributed by atoms with Crippen molar-refractivity contribution in [3.8, 4) is 0 Å². The molecule has 1 aliphatic rings. The fraction of sp³-hybridized carbons (Fsp3) is 0.923. The van der Waals surface area contributed by atoms with Gasteiger partial charge in [-0.2, -0.15) is 0 Å². The molecule has 1 rings (SSSR count). The van der Waals surface area contributed by atoms with E-state index in [0.29, 0.717) is 13.2 Å². The number of carbonyl (C=O) groups is 1. The van der Waals surface area contributed by atoms with E-state index in [0.717, 1.165) is 39.3 Å². The third-order valence-corrected chi connectivity index (χ3v) is 3.50. The number of amides is 1. The number of nitrogens with zero attached hydrogens (tertiary/aromatic N) is 2. The van der Waals surface area contributed by atoms with Crippen molar-refractivity contribution in [2.75, 3.05) is 66.7 Å². The smallest absolute Gasteiger partial charge is 0.239 e. The molecule has 0 radical (unpaired) electrons. The first-order valence-corrected chi connectivity index (χ1v) is 6.92. The molecule has 0 bridgehead atoms. The van der Waals surface area contributed by atoms with Crippen LogP contribution in [0.25, 0.3) is 0 Å². The molecule has 112 valence electrons. The van der Waals surface area contributed by atoms with E-state index in [2.05, 4.69) is 10.2 Å². The Balaban J connectivity index is 2.51. The standard InChI is InChI=1S/C13H27N3O3/c1-12(13(17)16-6-4-14-5-7-16)15(8-10-18-2)9-11-19-3/h12,14H,4-11H2,1-3H3. The Morgan fingerprint density at radius 2 is 1.74 bits per heavy atom. The number of piperazine rings is 1. The Labute approximate surface area is 116 Å². The molecule has 1 saturated heterocycles. The van der Waals surface area contributed by atoms with Crippen LogP contribution < -0.4 is 5.32 Å². The molecule has 1 atom stereocenters. The predicted octanol–water partition coefficient (Wildman–Crippen LogP) is -0.598. The zero-order valence-corrected chi connectivity index (χ0v) is 12.4. The van der Waals surface area contributed by atoms with E-state index in [4.69, 9.17) is 9.47 Å². The first-order chi connectivity index (χ1) is 9.20. The molecule has 19 heavy (non-hydrogen) atoms. The van der Waals surface area contributed by atoms with Gasteiger partial charge in [0.2, 0.25) is 5.91 Å². The second-order valence-corrected chi connectivity index (χ2v) is 4.77. The van der Waals surface area contributed by atoms with E-state index in [1.807, 2.05) is 11.8 Å². The molecule has 1 aliphatic heterocycles. The molecule has 6 nitrogen and oxygen atoms in total. The Hall–Kier alpha value is -0.690. The fourth-order valence-corrected chi connectivity index (χ4v) is 2.22. The molecule has 0 spiro atoms. The molecule has 0 aromatic heterocycles. The van der Waals surface area contributed by atoms with Gasteiger partial charge in [0.05, 0.1) is 19.3 Å². The molecular formula is C13H27N3O3. The van der Waals surface area contributed by atoms with Crippen LogP contribution in [0.1, 0.15) is 6.92 Å². The highest BCUT2D eigenvalue weighted by molar-refractivity contribution is 5.81. The van der Waals surface area contributed by atoms with Gasteiger partial charge >= 0.3 is 0 Å². The lowest BCUT2D eigenvalue weighted by atomic mass is 10.2. The first kappa shape index (κ1) is 16.4. The number of ether oxygens (including phenoxy) is 2. The monoisotopic (exact) mass is 273 g/mol. The van der Waals surface area contributed by atoms with Gasteiger partial charge in [-0.25, -0.2) is 0 Å². The summed E-state index contributed by atoms with van der Waals surface area (Å²) in [6.07, 6.45) is 0. The molecule has 1 heterocycles. The number of hydrogen-bond donors (Lipinski definition) is 1. The minimum Gasteiger partial charge on any atom is -0.383 e. The van der Waals surface area contributed by atoms with Crippen LogP contribution in [0.2, 0.25) is 0 Å². The molecule has 1 amide bonds. The van der Waals surface area contributed by atoms with E-state index in [9.17, 15) is 4.79 Å². The predicted molar refractivity (Wildman–Crippen MR) is 74.2 cm³/mol. The van der Waals surface area contributed by atoms with Crippen molar-refractivity contribution in [1.82, 2.24) is 15.1 Å². The summed E-state index contributed by atoms with van der Waals surface area (Å²) in [6, 6.07) is -0.122. The van der Waals surface area contributed by atoms with Crippen molar-refractivity contribution < 1.29 is 14.3 Å². The van der Waals surface area contributed by atoms with Crippen molar-refractivity contribution in [2.24, 2.45) is 0 Å². The van der Waals surface area contributed by atoms with Crippen molar-refractivity contribution in [3.63, 3.8) is 0 Å². The van der Waals surface area contributed by atoms with Crippen molar-refractivity contribution in [1.29, 1.82) is 0 Å². The van der Waals surface area contributed by atoms with E-state index in [1.165, 1.54) is 0 Å².